The van der Waals surface area contributed by atoms with E-state index in [4.69, 9.17) is 11.1 Å². The molecule has 4 heteroatoms. The maximum absolute atomic E-state index is 7.29. The van der Waals surface area contributed by atoms with Gasteiger partial charge in [0.2, 0.25) is 0 Å². The number of hydrogen-bond donors (Lipinski definition) is 2. The van der Waals surface area contributed by atoms with Gasteiger partial charge >= 0.3 is 0 Å². The number of hydrogen-bond acceptors (Lipinski definition) is 2. The topological polar surface area (TPSA) is 67.7 Å². The molecule has 1 aromatic heterocycles. The zero-order chi connectivity index (χ0) is 9.97. The van der Waals surface area contributed by atoms with Crippen molar-refractivity contribution < 1.29 is 0 Å². The lowest BCUT2D eigenvalue weighted by Crippen LogP contribution is -2.14. The zero-order valence-corrected chi connectivity index (χ0v) is 8.24. The van der Waals surface area contributed by atoms with Crippen molar-refractivity contribution in [2.75, 3.05) is 0 Å². The molecule has 1 aliphatic carbocycles. The van der Waals surface area contributed by atoms with Crippen molar-refractivity contribution in [3.05, 3.63) is 18.0 Å². The second-order valence-electron chi connectivity index (χ2n) is 3.91. The number of rotatable bonds is 2. The van der Waals surface area contributed by atoms with Crippen LogP contribution < -0.4 is 5.73 Å². The summed E-state index contributed by atoms with van der Waals surface area (Å²) < 4.78 is 1.97. The number of nitrogens with two attached hydrogens (primary N) is 1. The van der Waals surface area contributed by atoms with Gasteiger partial charge in [0.25, 0.3) is 0 Å². The molecule has 76 valence electrons. The molecule has 0 atom stereocenters. The molecule has 1 aromatic rings. The van der Waals surface area contributed by atoms with Crippen LogP contribution in [0.1, 0.15) is 43.7 Å². The summed E-state index contributed by atoms with van der Waals surface area (Å²) in [4.78, 5) is 0. The highest BCUT2D eigenvalue weighted by molar-refractivity contribution is 5.94. The lowest BCUT2D eigenvalue weighted by Gasteiger charge is -2.21. The molecule has 1 saturated carbocycles. The van der Waals surface area contributed by atoms with Crippen molar-refractivity contribution in [3.63, 3.8) is 0 Å². The number of nitrogens with one attached hydrogen (secondary N) is 1. The third kappa shape index (κ3) is 1.78. The summed E-state index contributed by atoms with van der Waals surface area (Å²) >= 11 is 0. The van der Waals surface area contributed by atoms with Gasteiger partial charge in [0.1, 0.15) is 5.84 Å². The fourth-order valence-corrected chi connectivity index (χ4v) is 2.02. The van der Waals surface area contributed by atoms with Crippen molar-refractivity contribution in [2.24, 2.45) is 5.73 Å². The molecule has 0 amide bonds. The van der Waals surface area contributed by atoms with Crippen LogP contribution in [0.4, 0.5) is 0 Å². The number of aromatic nitrogens is 2. The molecule has 0 aromatic carbocycles. The molecule has 0 bridgehead atoms. The maximum atomic E-state index is 7.29. The van der Waals surface area contributed by atoms with Crippen LogP contribution in [0, 0.1) is 5.41 Å². The zero-order valence-electron chi connectivity index (χ0n) is 8.24. The third-order valence-electron chi connectivity index (χ3n) is 2.86. The van der Waals surface area contributed by atoms with Gasteiger partial charge in [-0.05, 0) is 12.8 Å². The van der Waals surface area contributed by atoms with Crippen molar-refractivity contribution >= 4 is 5.84 Å². The van der Waals surface area contributed by atoms with Gasteiger partial charge in [0.15, 0.2) is 0 Å². The van der Waals surface area contributed by atoms with Crippen molar-refractivity contribution in [1.29, 1.82) is 5.41 Å². The Morgan fingerprint density at radius 3 is 2.71 bits per heavy atom. The van der Waals surface area contributed by atoms with Crippen LogP contribution >= 0.6 is 0 Å². The smallest absolute Gasteiger partial charge is 0.125 e. The molecule has 0 spiro atoms. The van der Waals surface area contributed by atoms with E-state index in [1.807, 2.05) is 10.9 Å². The predicted octanol–water partition coefficient (Wildman–Crippen LogP) is 1.67. The minimum absolute atomic E-state index is 0.104. The van der Waals surface area contributed by atoms with Gasteiger partial charge in [-0.2, -0.15) is 5.10 Å². The average Bonchev–Trinajstić information content (AvgIpc) is 2.68. The molecular weight excluding hydrogens is 176 g/mol. The minimum Gasteiger partial charge on any atom is -0.384 e. The lowest BCUT2D eigenvalue weighted by atomic mass is 9.96. The summed E-state index contributed by atoms with van der Waals surface area (Å²) in [6.45, 7) is 0. The van der Waals surface area contributed by atoms with E-state index < -0.39 is 0 Å². The highest BCUT2D eigenvalue weighted by Crippen LogP contribution is 2.27. The normalized spacial score (nSPS) is 18.3. The first-order chi connectivity index (χ1) is 6.77. The van der Waals surface area contributed by atoms with E-state index in [1.54, 1.807) is 6.20 Å². The van der Waals surface area contributed by atoms with E-state index in [0.717, 1.165) is 5.56 Å². The van der Waals surface area contributed by atoms with Crippen molar-refractivity contribution in [1.82, 2.24) is 9.78 Å². The van der Waals surface area contributed by atoms with E-state index in [0.29, 0.717) is 6.04 Å². The molecule has 1 heterocycles. The van der Waals surface area contributed by atoms with Gasteiger partial charge < -0.3 is 5.73 Å². The average molecular weight is 192 g/mol. The summed E-state index contributed by atoms with van der Waals surface area (Å²) in [5.41, 5.74) is 6.12. The molecule has 1 fully saturated rings. The maximum Gasteiger partial charge on any atom is 0.125 e. The Bertz CT molecular complexity index is 323. The number of amidine groups is 1. The van der Waals surface area contributed by atoms with Gasteiger partial charge in [0, 0.05) is 6.20 Å². The minimum atomic E-state index is 0.104. The van der Waals surface area contributed by atoms with Crippen molar-refractivity contribution in [3.8, 4) is 0 Å². The highest BCUT2D eigenvalue weighted by Gasteiger charge is 2.16. The second kappa shape index (κ2) is 3.82. The Labute approximate surface area is 83.6 Å². The van der Waals surface area contributed by atoms with Crippen LogP contribution in [-0.2, 0) is 0 Å². The molecule has 0 radical (unpaired) electrons. The first-order valence-electron chi connectivity index (χ1n) is 5.16. The van der Waals surface area contributed by atoms with Gasteiger partial charge in [0.05, 0.1) is 17.8 Å². The summed E-state index contributed by atoms with van der Waals surface area (Å²) in [6, 6.07) is 0.525. The highest BCUT2D eigenvalue weighted by atomic mass is 15.3. The van der Waals surface area contributed by atoms with Gasteiger partial charge in [-0.1, -0.05) is 19.3 Å². The van der Waals surface area contributed by atoms with Gasteiger partial charge in [-0.3, -0.25) is 10.1 Å². The molecule has 0 saturated heterocycles. The summed E-state index contributed by atoms with van der Waals surface area (Å²) in [7, 11) is 0. The SMILES string of the molecule is N=C(N)c1cnn(C2CCCCC2)c1. The predicted molar refractivity (Wildman–Crippen MR) is 55.4 cm³/mol. The van der Waals surface area contributed by atoms with Crippen molar-refractivity contribution in [2.45, 2.75) is 38.1 Å². The third-order valence-corrected chi connectivity index (χ3v) is 2.86. The summed E-state index contributed by atoms with van der Waals surface area (Å²) in [5, 5.41) is 11.5. The molecule has 0 unspecified atom stereocenters. The summed E-state index contributed by atoms with van der Waals surface area (Å²) in [6.07, 6.45) is 9.91. The molecule has 3 N–H and O–H groups in total. The second-order valence-corrected chi connectivity index (χ2v) is 3.91. The van der Waals surface area contributed by atoms with Crippen LogP contribution in [0.3, 0.4) is 0 Å². The molecule has 14 heavy (non-hydrogen) atoms. The monoisotopic (exact) mass is 192 g/mol. The van der Waals surface area contributed by atoms with Gasteiger partial charge in [-0.25, -0.2) is 0 Å². The summed E-state index contributed by atoms with van der Waals surface area (Å²) in [5.74, 6) is 0.104. The molecular formula is C10H16N4. The van der Waals surface area contributed by atoms with E-state index in [1.165, 1.54) is 32.1 Å². The fourth-order valence-electron chi connectivity index (χ4n) is 2.02. The van der Waals surface area contributed by atoms with E-state index >= 15 is 0 Å². The molecule has 2 rings (SSSR count). The van der Waals surface area contributed by atoms with E-state index in [2.05, 4.69) is 5.10 Å². The Morgan fingerprint density at radius 1 is 1.43 bits per heavy atom. The van der Waals surface area contributed by atoms with Crippen LogP contribution in [0.15, 0.2) is 12.4 Å². The Kier molecular flexibility index (Phi) is 2.52. The molecule has 4 nitrogen and oxygen atoms in total. The standard InChI is InChI=1S/C10H16N4/c11-10(12)8-6-13-14(7-8)9-4-2-1-3-5-9/h6-7,9H,1-5H2,(H3,11,12). The lowest BCUT2D eigenvalue weighted by molar-refractivity contribution is 0.329. The van der Waals surface area contributed by atoms with Crippen LogP contribution in [0.25, 0.3) is 0 Å². The quantitative estimate of drug-likeness (QED) is 0.553. The first-order valence-corrected chi connectivity index (χ1v) is 5.16. The fraction of sp³-hybridized carbons (Fsp3) is 0.600. The van der Waals surface area contributed by atoms with Gasteiger partial charge in [-0.15, -0.1) is 0 Å². The van der Waals surface area contributed by atoms with Crippen LogP contribution in [0.2, 0.25) is 0 Å². The Balaban J connectivity index is 2.11. The van der Waals surface area contributed by atoms with E-state index in [-0.39, 0.29) is 5.84 Å². The number of nitrogens with zero attached hydrogens (tertiary/aromatic N) is 2. The Hall–Kier alpha value is -1.32. The first kappa shape index (κ1) is 9.24. The van der Waals surface area contributed by atoms with E-state index in [9.17, 15) is 0 Å². The van der Waals surface area contributed by atoms with Crippen LogP contribution in [0.5, 0.6) is 0 Å². The molecule has 0 aliphatic heterocycles. The molecule has 1 aliphatic rings. The largest absolute Gasteiger partial charge is 0.384 e. The van der Waals surface area contributed by atoms with Crippen LogP contribution in [-0.4, -0.2) is 15.6 Å². The Morgan fingerprint density at radius 2 is 2.14 bits per heavy atom. The number of nitrogen functional groups attached to an aromatic ring is 1.